The van der Waals surface area contributed by atoms with Gasteiger partial charge in [0.1, 0.15) is 17.1 Å². The summed E-state index contributed by atoms with van der Waals surface area (Å²) in [5.74, 6) is 1.73. The minimum absolute atomic E-state index is 0.0854. The molecule has 1 saturated heterocycles. The van der Waals surface area contributed by atoms with E-state index in [9.17, 15) is 4.79 Å². The van der Waals surface area contributed by atoms with E-state index in [0.29, 0.717) is 0 Å². The summed E-state index contributed by atoms with van der Waals surface area (Å²) in [5.41, 5.74) is 3.80. The fraction of sp³-hybridized carbons (Fsp3) is 0.421. The number of fused-ring (bicyclic) bond motifs is 1. The summed E-state index contributed by atoms with van der Waals surface area (Å²) in [6.45, 7) is 7.69. The lowest BCUT2D eigenvalue weighted by Crippen LogP contribution is -2.25. The first-order chi connectivity index (χ1) is 11.0. The molecule has 4 nitrogen and oxygen atoms in total. The molecule has 0 unspecified atom stereocenters. The Morgan fingerprint density at radius 1 is 1.26 bits per heavy atom. The van der Waals surface area contributed by atoms with Crippen LogP contribution in [0.25, 0.3) is 16.5 Å². The lowest BCUT2D eigenvalue weighted by molar-refractivity contribution is -0.124. The maximum absolute atomic E-state index is 12.4. The van der Waals surface area contributed by atoms with Crippen LogP contribution in [-0.2, 0) is 4.79 Å². The molecular formula is C19H23NO3. The molecule has 122 valence electrons. The lowest BCUT2D eigenvalue weighted by Gasteiger charge is -2.14. The van der Waals surface area contributed by atoms with Crippen LogP contribution in [0.3, 0.4) is 0 Å². The normalized spacial score (nSPS) is 15.5. The molecule has 2 heterocycles. The first-order valence-corrected chi connectivity index (χ1v) is 8.06. The highest BCUT2D eigenvalue weighted by Crippen LogP contribution is 2.34. The number of furan rings is 1. The topological polar surface area (TPSA) is 42.7 Å². The number of allylic oxidation sites excluding steroid dienone is 1. The number of aryl methyl sites for hydroxylation is 2. The van der Waals surface area contributed by atoms with Gasteiger partial charge in [-0.05, 0) is 50.8 Å². The average molecular weight is 313 g/mol. The molecule has 3 rings (SSSR count). The van der Waals surface area contributed by atoms with Gasteiger partial charge in [0.25, 0.3) is 0 Å². The van der Waals surface area contributed by atoms with E-state index in [2.05, 4.69) is 6.07 Å². The van der Waals surface area contributed by atoms with Crippen LogP contribution in [0, 0.1) is 13.8 Å². The number of hydrogen-bond donors (Lipinski definition) is 0. The van der Waals surface area contributed by atoms with Crippen LogP contribution in [-0.4, -0.2) is 31.0 Å². The van der Waals surface area contributed by atoms with Gasteiger partial charge in [0.15, 0.2) is 0 Å². The van der Waals surface area contributed by atoms with Gasteiger partial charge in [-0.2, -0.15) is 0 Å². The molecule has 0 saturated carbocycles. The van der Waals surface area contributed by atoms with E-state index >= 15 is 0 Å². The maximum atomic E-state index is 12.4. The third-order valence-electron chi connectivity index (χ3n) is 4.68. The molecule has 4 heteroatoms. The second-order valence-corrected chi connectivity index (χ2v) is 6.19. The Balaban J connectivity index is 2.02. The second-order valence-electron chi connectivity index (χ2n) is 6.19. The van der Waals surface area contributed by atoms with Crippen molar-refractivity contribution in [2.24, 2.45) is 0 Å². The predicted octanol–water partition coefficient (Wildman–Crippen LogP) is 4.08. The van der Waals surface area contributed by atoms with Gasteiger partial charge in [-0.1, -0.05) is 0 Å². The molecule has 1 aromatic heterocycles. The molecule has 23 heavy (non-hydrogen) atoms. The van der Waals surface area contributed by atoms with Crippen molar-refractivity contribution >= 4 is 22.4 Å². The highest BCUT2D eigenvalue weighted by Gasteiger charge is 2.18. The smallest absolute Gasteiger partial charge is 0.246 e. The van der Waals surface area contributed by atoms with Gasteiger partial charge >= 0.3 is 0 Å². The van der Waals surface area contributed by atoms with E-state index in [4.69, 9.17) is 9.15 Å². The highest BCUT2D eigenvalue weighted by molar-refractivity contribution is 5.97. The summed E-state index contributed by atoms with van der Waals surface area (Å²) in [5, 5.41) is 1.07. The summed E-state index contributed by atoms with van der Waals surface area (Å²) in [7, 11) is 1.64. The standard InChI is InChI=1S/C19H23NO3/c1-12(9-19(21)20-7-5-6-8-20)15-10-16-13(2)14(3)23-18(16)11-17(15)22-4/h9-11H,5-8H2,1-4H3/b12-9+. The third-order valence-corrected chi connectivity index (χ3v) is 4.68. The van der Waals surface area contributed by atoms with Crippen molar-refractivity contribution in [2.75, 3.05) is 20.2 Å². The molecule has 0 aliphatic carbocycles. The predicted molar refractivity (Wildman–Crippen MR) is 91.7 cm³/mol. The number of benzene rings is 1. The molecule has 2 aromatic rings. The zero-order valence-corrected chi connectivity index (χ0v) is 14.2. The van der Waals surface area contributed by atoms with Crippen LogP contribution in [0.1, 0.15) is 36.7 Å². The van der Waals surface area contributed by atoms with Gasteiger partial charge in [0.2, 0.25) is 5.91 Å². The van der Waals surface area contributed by atoms with E-state index in [-0.39, 0.29) is 5.91 Å². The van der Waals surface area contributed by atoms with Gasteiger partial charge in [0.05, 0.1) is 7.11 Å². The number of carbonyl (C=O) groups is 1. The highest BCUT2D eigenvalue weighted by atomic mass is 16.5. The summed E-state index contributed by atoms with van der Waals surface area (Å²) < 4.78 is 11.3. The Bertz CT molecular complexity index is 779. The Hall–Kier alpha value is -2.23. The maximum Gasteiger partial charge on any atom is 0.246 e. The number of ether oxygens (including phenoxy) is 1. The number of likely N-dealkylation sites (tertiary alicyclic amines) is 1. The van der Waals surface area contributed by atoms with Crippen LogP contribution < -0.4 is 4.74 Å². The van der Waals surface area contributed by atoms with Crippen LogP contribution in [0.4, 0.5) is 0 Å². The minimum Gasteiger partial charge on any atom is -0.496 e. The Morgan fingerprint density at radius 3 is 2.61 bits per heavy atom. The zero-order chi connectivity index (χ0) is 16.6. The Morgan fingerprint density at radius 2 is 1.96 bits per heavy atom. The number of carbonyl (C=O) groups excluding carboxylic acids is 1. The summed E-state index contributed by atoms with van der Waals surface area (Å²) in [4.78, 5) is 14.3. The molecule has 1 amide bonds. The molecule has 1 aromatic carbocycles. The minimum atomic E-state index is 0.0854. The first kappa shape index (κ1) is 15.7. The van der Waals surface area contributed by atoms with E-state index in [1.807, 2.05) is 31.7 Å². The monoisotopic (exact) mass is 313 g/mol. The molecule has 1 aliphatic heterocycles. The molecular weight excluding hydrogens is 290 g/mol. The summed E-state index contributed by atoms with van der Waals surface area (Å²) in [6, 6.07) is 3.96. The van der Waals surface area contributed by atoms with Gasteiger partial charge in [-0.3, -0.25) is 4.79 Å². The molecule has 0 bridgehead atoms. The van der Waals surface area contributed by atoms with Gasteiger partial charge < -0.3 is 14.1 Å². The summed E-state index contributed by atoms with van der Waals surface area (Å²) >= 11 is 0. The average Bonchev–Trinajstić information content (AvgIpc) is 3.15. The number of methoxy groups -OCH3 is 1. The molecule has 0 radical (unpaired) electrons. The zero-order valence-electron chi connectivity index (χ0n) is 14.2. The number of hydrogen-bond acceptors (Lipinski definition) is 3. The fourth-order valence-corrected chi connectivity index (χ4v) is 3.14. The van der Waals surface area contributed by atoms with E-state index in [1.54, 1.807) is 13.2 Å². The van der Waals surface area contributed by atoms with Crippen molar-refractivity contribution in [3.63, 3.8) is 0 Å². The lowest BCUT2D eigenvalue weighted by atomic mass is 10.0. The van der Waals surface area contributed by atoms with E-state index in [1.165, 1.54) is 0 Å². The van der Waals surface area contributed by atoms with Crippen molar-refractivity contribution < 1.29 is 13.9 Å². The van der Waals surface area contributed by atoms with E-state index < -0.39 is 0 Å². The fourth-order valence-electron chi connectivity index (χ4n) is 3.14. The van der Waals surface area contributed by atoms with Crippen molar-refractivity contribution in [3.05, 3.63) is 35.1 Å². The molecule has 0 spiro atoms. The molecule has 0 atom stereocenters. The van der Waals surface area contributed by atoms with Crippen molar-refractivity contribution in [1.29, 1.82) is 0 Å². The quantitative estimate of drug-likeness (QED) is 0.802. The van der Waals surface area contributed by atoms with Gasteiger partial charge in [-0.25, -0.2) is 0 Å². The van der Waals surface area contributed by atoms with E-state index in [0.717, 1.165) is 65.1 Å². The molecule has 1 fully saturated rings. The van der Waals surface area contributed by atoms with Crippen molar-refractivity contribution in [1.82, 2.24) is 4.90 Å². The van der Waals surface area contributed by atoms with Crippen LogP contribution in [0.5, 0.6) is 5.75 Å². The number of rotatable bonds is 3. The van der Waals surface area contributed by atoms with Crippen molar-refractivity contribution in [3.8, 4) is 5.75 Å². The largest absolute Gasteiger partial charge is 0.496 e. The van der Waals surface area contributed by atoms with Crippen LogP contribution in [0.15, 0.2) is 22.6 Å². The van der Waals surface area contributed by atoms with Crippen molar-refractivity contribution in [2.45, 2.75) is 33.6 Å². The Labute approximate surface area is 136 Å². The molecule has 1 aliphatic rings. The number of amides is 1. The second kappa shape index (κ2) is 6.11. The SMILES string of the molecule is COc1cc2oc(C)c(C)c2cc1/C(C)=C/C(=O)N1CCCC1. The number of nitrogens with zero attached hydrogens (tertiary/aromatic N) is 1. The van der Waals surface area contributed by atoms with Crippen LogP contribution >= 0.6 is 0 Å². The summed E-state index contributed by atoms with van der Waals surface area (Å²) in [6.07, 6.45) is 3.92. The van der Waals surface area contributed by atoms with Gasteiger partial charge in [0, 0.05) is 36.2 Å². The Kier molecular flexibility index (Phi) is 4.16. The third kappa shape index (κ3) is 2.85. The van der Waals surface area contributed by atoms with Gasteiger partial charge in [-0.15, -0.1) is 0 Å². The van der Waals surface area contributed by atoms with Crippen LogP contribution in [0.2, 0.25) is 0 Å². The molecule has 0 N–H and O–H groups in total. The first-order valence-electron chi connectivity index (χ1n) is 8.06.